The molecule has 1 aliphatic heterocycles. The number of halogens is 1. The minimum absolute atomic E-state index is 0.00518. The number of rotatable bonds is 7. The minimum atomic E-state index is -0.387. The molecule has 0 radical (unpaired) electrons. The van der Waals surface area contributed by atoms with Crippen LogP contribution >= 0.6 is 15.9 Å². The quantitative estimate of drug-likeness (QED) is 0.617. The Labute approximate surface area is 184 Å². The lowest BCUT2D eigenvalue weighted by atomic mass is 10.1. The zero-order valence-corrected chi connectivity index (χ0v) is 18.4. The molecule has 30 heavy (non-hydrogen) atoms. The highest BCUT2D eigenvalue weighted by Gasteiger charge is 2.24. The summed E-state index contributed by atoms with van der Waals surface area (Å²) < 4.78 is 16.9. The maximum absolute atomic E-state index is 12.4. The lowest BCUT2D eigenvalue weighted by Crippen LogP contribution is -2.54. The van der Waals surface area contributed by atoms with E-state index in [4.69, 9.17) is 14.2 Å². The van der Waals surface area contributed by atoms with Crippen LogP contribution in [0.3, 0.4) is 0 Å². The molecule has 2 aromatic carbocycles. The van der Waals surface area contributed by atoms with Crippen molar-refractivity contribution in [2.75, 3.05) is 33.4 Å². The van der Waals surface area contributed by atoms with Gasteiger partial charge in [0.1, 0.15) is 6.61 Å². The topological polar surface area (TPSA) is 77.1 Å². The zero-order valence-electron chi connectivity index (χ0n) is 16.8. The van der Waals surface area contributed by atoms with E-state index in [1.54, 1.807) is 23.1 Å². The van der Waals surface area contributed by atoms with Gasteiger partial charge in [-0.05, 0) is 29.3 Å². The monoisotopic (exact) mass is 476 g/mol. The van der Waals surface area contributed by atoms with Crippen LogP contribution in [0.15, 0.2) is 53.0 Å². The van der Waals surface area contributed by atoms with Crippen molar-refractivity contribution in [3.05, 3.63) is 69.7 Å². The van der Waals surface area contributed by atoms with Crippen molar-refractivity contribution in [3.63, 3.8) is 0 Å². The van der Waals surface area contributed by atoms with E-state index in [0.29, 0.717) is 38.4 Å². The fraction of sp³-hybridized carbons (Fsp3) is 0.364. The van der Waals surface area contributed by atoms with Crippen LogP contribution in [0.4, 0.5) is 4.79 Å². The van der Waals surface area contributed by atoms with E-state index >= 15 is 0 Å². The molecule has 1 N–H and O–H groups in total. The molecule has 3 rings (SSSR count). The zero-order chi connectivity index (χ0) is 21.3. The van der Waals surface area contributed by atoms with Crippen LogP contribution in [-0.2, 0) is 27.4 Å². The summed E-state index contributed by atoms with van der Waals surface area (Å²) in [7, 11) is 1.35. The van der Waals surface area contributed by atoms with Gasteiger partial charge in [0, 0.05) is 30.1 Å². The number of ether oxygens (including phenoxy) is 3. The number of piperazine rings is 1. The van der Waals surface area contributed by atoms with Crippen LogP contribution < -0.4 is 5.32 Å². The highest BCUT2D eigenvalue weighted by molar-refractivity contribution is 9.10. The molecular formula is C22H25BrN2O5. The predicted octanol–water partition coefficient (Wildman–Crippen LogP) is 3.36. The summed E-state index contributed by atoms with van der Waals surface area (Å²) in [6, 6.07) is 14.9. The summed E-state index contributed by atoms with van der Waals surface area (Å²) >= 11 is 3.48. The van der Waals surface area contributed by atoms with Crippen molar-refractivity contribution in [1.29, 1.82) is 0 Å². The maximum Gasteiger partial charge on any atom is 0.410 e. The van der Waals surface area contributed by atoms with Crippen LogP contribution in [0, 0.1) is 0 Å². The number of methoxy groups -OCH3 is 1. The SMILES string of the molecule is COC(=O)c1ccc(Br)c(COC[C@H]2CN(C(=O)OCc3ccccc3)CCN2)c1. The first-order chi connectivity index (χ1) is 14.6. The van der Waals surface area contributed by atoms with Crippen molar-refractivity contribution >= 4 is 28.0 Å². The third kappa shape index (κ3) is 6.29. The second kappa shape index (κ2) is 11.1. The third-order valence-electron chi connectivity index (χ3n) is 4.76. The molecule has 1 aliphatic rings. The number of benzene rings is 2. The summed E-state index contributed by atoms with van der Waals surface area (Å²) in [5.74, 6) is -0.387. The van der Waals surface area contributed by atoms with Crippen LogP contribution in [-0.4, -0.2) is 56.4 Å². The Bertz CT molecular complexity index is 862. The van der Waals surface area contributed by atoms with Gasteiger partial charge in [-0.15, -0.1) is 0 Å². The summed E-state index contributed by atoms with van der Waals surface area (Å²) in [6.07, 6.45) is -0.320. The first-order valence-electron chi connectivity index (χ1n) is 9.70. The number of nitrogens with one attached hydrogen (secondary N) is 1. The molecule has 1 heterocycles. The predicted molar refractivity (Wildman–Crippen MR) is 115 cm³/mol. The lowest BCUT2D eigenvalue weighted by Gasteiger charge is -2.32. The van der Waals surface area contributed by atoms with Gasteiger partial charge in [0.2, 0.25) is 0 Å². The van der Waals surface area contributed by atoms with E-state index < -0.39 is 0 Å². The second-order valence-corrected chi connectivity index (χ2v) is 7.80. The van der Waals surface area contributed by atoms with E-state index in [1.807, 2.05) is 30.3 Å². The van der Waals surface area contributed by atoms with Crippen molar-refractivity contribution in [2.24, 2.45) is 0 Å². The standard InChI is InChI=1S/C22H25BrN2O5/c1-28-21(26)17-7-8-20(23)18(11-17)14-29-15-19-12-25(10-9-24-19)22(27)30-13-16-5-3-2-4-6-16/h2-8,11,19,24H,9-10,12-15H2,1H3/t19-/m1/s1. The highest BCUT2D eigenvalue weighted by atomic mass is 79.9. The van der Waals surface area contributed by atoms with Gasteiger partial charge in [-0.1, -0.05) is 46.3 Å². The highest BCUT2D eigenvalue weighted by Crippen LogP contribution is 2.20. The summed E-state index contributed by atoms with van der Waals surface area (Å²) in [5, 5.41) is 3.36. The van der Waals surface area contributed by atoms with E-state index in [1.165, 1.54) is 7.11 Å². The van der Waals surface area contributed by atoms with E-state index in [2.05, 4.69) is 21.2 Å². The Morgan fingerprint density at radius 3 is 2.73 bits per heavy atom. The van der Waals surface area contributed by atoms with Gasteiger partial charge < -0.3 is 24.4 Å². The molecule has 8 heteroatoms. The Balaban J connectivity index is 1.46. The number of hydrogen-bond donors (Lipinski definition) is 1. The Kier molecular flexibility index (Phi) is 8.24. The van der Waals surface area contributed by atoms with Crippen molar-refractivity contribution < 1.29 is 23.8 Å². The molecule has 0 aromatic heterocycles. The molecule has 1 atom stereocenters. The molecule has 0 bridgehead atoms. The van der Waals surface area contributed by atoms with Crippen LogP contribution in [0.1, 0.15) is 21.5 Å². The maximum atomic E-state index is 12.4. The number of carbonyl (C=O) groups is 2. The molecule has 0 aliphatic carbocycles. The summed E-state index contributed by atoms with van der Waals surface area (Å²) in [5.41, 5.74) is 2.29. The number of esters is 1. The van der Waals surface area contributed by atoms with E-state index in [9.17, 15) is 9.59 Å². The van der Waals surface area contributed by atoms with Gasteiger partial charge in [-0.2, -0.15) is 0 Å². The minimum Gasteiger partial charge on any atom is -0.465 e. The van der Waals surface area contributed by atoms with Crippen LogP contribution in [0.2, 0.25) is 0 Å². The fourth-order valence-electron chi connectivity index (χ4n) is 3.15. The van der Waals surface area contributed by atoms with Crippen molar-refractivity contribution in [1.82, 2.24) is 10.2 Å². The molecule has 1 fully saturated rings. The Hall–Kier alpha value is -2.42. The Morgan fingerprint density at radius 1 is 1.17 bits per heavy atom. The normalized spacial score (nSPS) is 16.2. The molecule has 0 saturated carbocycles. The Morgan fingerprint density at radius 2 is 1.97 bits per heavy atom. The largest absolute Gasteiger partial charge is 0.465 e. The molecule has 1 saturated heterocycles. The van der Waals surface area contributed by atoms with Crippen molar-refractivity contribution in [3.8, 4) is 0 Å². The van der Waals surface area contributed by atoms with Crippen LogP contribution in [0.5, 0.6) is 0 Å². The fourth-order valence-corrected chi connectivity index (χ4v) is 3.52. The van der Waals surface area contributed by atoms with Crippen LogP contribution in [0.25, 0.3) is 0 Å². The van der Waals surface area contributed by atoms with Crippen molar-refractivity contribution in [2.45, 2.75) is 19.3 Å². The molecule has 7 nitrogen and oxygen atoms in total. The number of nitrogens with zero attached hydrogens (tertiary/aromatic N) is 1. The van der Waals surface area contributed by atoms with E-state index in [-0.39, 0.29) is 24.7 Å². The van der Waals surface area contributed by atoms with Gasteiger partial charge in [0.05, 0.1) is 25.9 Å². The second-order valence-electron chi connectivity index (χ2n) is 6.95. The van der Waals surface area contributed by atoms with Gasteiger partial charge in [0.25, 0.3) is 0 Å². The van der Waals surface area contributed by atoms with Gasteiger partial charge in [0.15, 0.2) is 0 Å². The molecular weight excluding hydrogens is 452 g/mol. The van der Waals surface area contributed by atoms with Gasteiger partial charge in [-0.25, -0.2) is 9.59 Å². The molecule has 1 amide bonds. The summed E-state index contributed by atoms with van der Waals surface area (Å²) in [4.78, 5) is 25.8. The molecule has 2 aromatic rings. The number of amides is 1. The van der Waals surface area contributed by atoms with Gasteiger partial charge in [-0.3, -0.25) is 0 Å². The average Bonchev–Trinajstić information content (AvgIpc) is 2.79. The average molecular weight is 477 g/mol. The van der Waals surface area contributed by atoms with E-state index in [0.717, 1.165) is 15.6 Å². The van der Waals surface area contributed by atoms with Gasteiger partial charge >= 0.3 is 12.1 Å². The molecule has 160 valence electrons. The smallest absolute Gasteiger partial charge is 0.410 e. The lowest BCUT2D eigenvalue weighted by molar-refractivity contribution is 0.0557. The third-order valence-corrected chi connectivity index (χ3v) is 5.54. The summed E-state index contributed by atoms with van der Waals surface area (Å²) in [6.45, 7) is 2.80. The molecule has 0 spiro atoms. The first-order valence-corrected chi connectivity index (χ1v) is 10.5. The molecule has 0 unspecified atom stereocenters. The number of hydrogen-bond acceptors (Lipinski definition) is 6. The first kappa shape index (κ1) is 22.3. The number of carbonyl (C=O) groups excluding carboxylic acids is 2.